The molecule has 1 aromatic rings. The molecule has 0 fully saturated rings. The van der Waals surface area contributed by atoms with E-state index in [4.69, 9.17) is 0 Å². The minimum absolute atomic E-state index is 0.231. The molecule has 3 heteroatoms. The van der Waals surface area contributed by atoms with Gasteiger partial charge in [-0.3, -0.25) is 4.79 Å². The summed E-state index contributed by atoms with van der Waals surface area (Å²) in [5.41, 5.74) is 1.16. The minimum Gasteiger partial charge on any atom is -0.341 e. The van der Waals surface area contributed by atoms with Gasteiger partial charge < -0.3 is 4.90 Å². The first-order chi connectivity index (χ1) is 8.65. The Labute approximate surface area is 117 Å². The van der Waals surface area contributed by atoms with Gasteiger partial charge in [0.1, 0.15) is 0 Å². The first-order valence-electron chi connectivity index (χ1n) is 6.30. The number of carbonyl (C=O) groups excluding carboxylic acids is 1. The molecular weight excluding hydrogens is 290 g/mol. The number of nitrogens with zero attached hydrogens (tertiary/aromatic N) is 1. The van der Waals surface area contributed by atoms with Crippen molar-refractivity contribution in [3.05, 3.63) is 46.5 Å². The van der Waals surface area contributed by atoms with Crippen molar-refractivity contribution in [2.45, 2.75) is 25.8 Å². The third-order valence-electron chi connectivity index (χ3n) is 3.31. The molecule has 18 heavy (non-hydrogen) atoms. The molecule has 1 amide bonds. The highest BCUT2D eigenvalue weighted by molar-refractivity contribution is 9.10. The SMILES string of the molecule is CN(Cc1ccc(Br)cc1)C(=O)CC1C=CCC1. The monoisotopic (exact) mass is 307 g/mol. The van der Waals surface area contributed by atoms with Crippen molar-refractivity contribution >= 4 is 21.8 Å². The maximum Gasteiger partial charge on any atom is 0.223 e. The average molecular weight is 308 g/mol. The summed E-state index contributed by atoms with van der Waals surface area (Å²) in [7, 11) is 1.88. The largest absolute Gasteiger partial charge is 0.341 e. The Morgan fingerprint density at radius 2 is 2.11 bits per heavy atom. The zero-order chi connectivity index (χ0) is 13.0. The molecule has 0 aromatic heterocycles. The summed E-state index contributed by atoms with van der Waals surface area (Å²) >= 11 is 3.41. The van der Waals surface area contributed by atoms with E-state index >= 15 is 0 Å². The molecule has 1 unspecified atom stereocenters. The van der Waals surface area contributed by atoms with Crippen molar-refractivity contribution in [1.82, 2.24) is 4.90 Å². The molecular formula is C15H18BrNO. The fourth-order valence-electron chi connectivity index (χ4n) is 2.20. The van der Waals surface area contributed by atoms with E-state index in [1.165, 1.54) is 0 Å². The summed E-state index contributed by atoms with van der Waals surface area (Å²) in [6.45, 7) is 0.683. The van der Waals surface area contributed by atoms with Crippen LogP contribution in [0.3, 0.4) is 0 Å². The number of rotatable bonds is 4. The molecule has 0 spiro atoms. The summed E-state index contributed by atoms with van der Waals surface area (Å²) in [5, 5.41) is 0. The van der Waals surface area contributed by atoms with Gasteiger partial charge in [0.15, 0.2) is 0 Å². The van der Waals surface area contributed by atoms with Crippen molar-refractivity contribution in [1.29, 1.82) is 0 Å². The lowest BCUT2D eigenvalue weighted by atomic mass is 10.0. The maximum absolute atomic E-state index is 12.1. The van der Waals surface area contributed by atoms with Gasteiger partial charge in [-0.1, -0.05) is 40.2 Å². The molecule has 0 saturated carbocycles. The highest BCUT2D eigenvalue weighted by Crippen LogP contribution is 2.21. The average Bonchev–Trinajstić information content (AvgIpc) is 2.85. The Hall–Kier alpha value is -1.09. The number of hydrogen-bond donors (Lipinski definition) is 0. The van der Waals surface area contributed by atoms with E-state index in [1.807, 2.05) is 36.2 Å². The Kier molecular flexibility index (Phi) is 4.59. The Morgan fingerprint density at radius 3 is 2.72 bits per heavy atom. The van der Waals surface area contributed by atoms with Gasteiger partial charge in [0.25, 0.3) is 0 Å². The van der Waals surface area contributed by atoms with Crippen molar-refractivity contribution in [3.63, 3.8) is 0 Å². The summed E-state index contributed by atoms with van der Waals surface area (Å²) in [6.07, 6.45) is 7.23. The second-order valence-corrected chi connectivity index (χ2v) is 5.76. The van der Waals surface area contributed by atoms with E-state index in [2.05, 4.69) is 28.1 Å². The molecule has 2 nitrogen and oxygen atoms in total. The Morgan fingerprint density at radius 1 is 1.39 bits per heavy atom. The van der Waals surface area contributed by atoms with E-state index in [0.717, 1.165) is 22.9 Å². The van der Waals surface area contributed by atoms with Crippen LogP contribution in [0.5, 0.6) is 0 Å². The van der Waals surface area contributed by atoms with Gasteiger partial charge in [-0.05, 0) is 36.5 Å². The number of carbonyl (C=O) groups is 1. The van der Waals surface area contributed by atoms with Crippen molar-refractivity contribution in [2.75, 3.05) is 7.05 Å². The molecule has 1 atom stereocenters. The van der Waals surface area contributed by atoms with Crippen molar-refractivity contribution in [2.24, 2.45) is 5.92 Å². The summed E-state index contributed by atoms with van der Waals surface area (Å²) in [4.78, 5) is 13.9. The molecule has 96 valence electrons. The van der Waals surface area contributed by atoms with Crippen LogP contribution in [0.4, 0.5) is 0 Å². The lowest BCUT2D eigenvalue weighted by Gasteiger charge is -2.19. The quantitative estimate of drug-likeness (QED) is 0.776. The lowest BCUT2D eigenvalue weighted by Crippen LogP contribution is -2.27. The van der Waals surface area contributed by atoms with Crippen LogP contribution in [0.2, 0.25) is 0 Å². The number of hydrogen-bond acceptors (Lipinski definition) is 1. The first-order valence-corrected chi connectivity index (χ1v) is 7.09. The van der Waals surface area contributed by atoms with E-state index in [-0.39, 0.29) is 5.91 Å². The van der Waals surface area contributed by atoms with Crippen LogP contribution in [0.1, 0.15) is 24.8 Å². The number of amides is 1. The normalized spacial score (nSPS) is 18.0. The van der Waals surface area contributed by atoms with Crippen LogP contribution in [0.25, 0.3) is 0 Å². The second kappa shape index (κ2) is 6.19. The predicted octanol–water partition coefficient (Wildman–Crippen LogP) is 3.76. The minimum atomic E-state index is 0.231. The highest BCUT2D eigenvalue weighted by atomic mass is 79.9. The molecule has 0 aliphatic heterocycles. The smallest absolute Gasteiger partial charge is 0.223 e. The zero-order valence-electron chi connectivity index (χ0n) is 10.6. The lowest BCUT2D eigenvalue weighted by molar-refractivity contribution is -0.131. The summed E-state index contributed by atoms with van der Waals surface area (Å²) in [6, 6.07) is 8.10. The predicted molar refractivity (Wildman–Crippen MR) is 77.1 cm³/mol. The van der Waals surface area contributed by atoms with Crippen molar-refractivity contribution < 1.29 is 4.79 Å². The maximum atomic E-state index is 12.1. The number of halogens is 1. The van der Waals surface area contributed by atoms with Gasteiger partial charge in [-0.15, -0.1) is 0 Å². The summed E-state index contributed by atoms with van der Waals surface area (Å²) < 4.78 is 1.07. The third kappa shape index (κ3) is 3.70. The molecule has 1 aliphatic rings. The third-order valence-corrected chi connectivity index (χ3v) is 3.84. The van der Waals surface area contributed by atoms with E-state index in [0.29, 0.717) is 18.9 Å². The van der Waals surface area contributed by atoms with Gasteiger partial charge in [-0.2, -0.15) is 0 Å². The zero-order valence-corrected chi connectivity index (χ0v) is 12.2. The first kappa shape index (κ1) is 13.3. The Bertz CT molecular complexity index is 438. The van der Waals surface area contributed by atoms with Gasteiger partial charge in [0, 0.05) is 24.5 Å². The molecule has 1 aliphatic carbocycles. The molecule has 2 rings (SSSR count). The molecule has 1 aromatic carbocycles. The highest BCUT2D eigenvalue weighted by Gasteiger charge is 2.16. The van der Waals surface area contributed by atoms with Gasteiger partial charge in [0.05, 0.1) is 0 Å². The standard InChI is InChI=1S/C15H18BrNO/c1-17(11-13-6-8-14(16)9-7-13)15(18)10-12-4-2-3-5-12/h2,4,6-9,12H,3,5,10-11H2,1H3. The van der Waals surface area contributed by atoms with Crippen LogP contribution in [-0.4, -0.2) is 17.9 Å². The van der Waals surface area contributed by atoms with Gasteiger partial charge in [0.2, 0.25) is 5.91 Å². The second-order valence-electron chi connectivity index (χ2n) is 4.85. The molecule has 0 N–H and O–H groups in total. The van der Waals surface area contributed by atoms with Gasteiger partial charge >= 0.3 is 0 Å². The molecule has 0 radical (unpaired) electrons. The van der Waals surface area contributed by atoms with Crippen LogP contribution < -0.4 is 0 Å². The van der Waals surface area contributed by atoms with E-state index in [9.17, 15) is 4.79 Å². The topological polar surface area (TPSA) is 20.3 Å². The molecule has 0 bridgehead atoms. The Balaban J connectivity index is 1.86. The van der Waals surface area contributed by atoms with Crippen LogP contribution in [0.15, 0.2) is 40.9 Å². The van der Waals surface area contributed by atoms with Gasteiger partial charge in [-0.25, -0.2) is 0 Å². The fraction of sp³-hybridized carbons (Fsp3) is 0.400. The number of benzene rings is 1. The van der Waals surface area contributed by atoms with Crippen LogP contribution >= 0.6 is 15.9 Å². The van der Waals surface area contributed by atoms with Crippen molar-refractivity contribution in [3.8, 4) is 0 Å². The summed E-state index contributed by atoms with van der Waals surface area (Å²) in [5.74, 6) is 0.680. The molecule has 0 saturated heterocycles. The van der Waals surface area contributed by atoms with E-state index < -0.39 is 0 Å². The molecule has 0 heterocycles. The fourth-order valence-corrected chi connectivity index (χ4v) is 2.46. The van der Waals surface area contributed by atoms with Crippen LogP contribution in [-0.2, 0) is 11.3 Å². The van der Waals surface area contributed by atoms with Crippen LogP contribution in [0, 0.1) is 5.92 Å². The van der Waals surface area contributed by atoms with E-state index in [1.54, 1.807) is 0 Å². The number of allylic oxidation sites excluding steroid dienone is 2.